The van der Waals surface area contributed by atoms with Gasteiger partial charge in [-0.3, -0.25) is 19.2 Å². The fraction of sp³-hybridized carbons (Fsp3) is 0.467. The highest BCUT2D eigenvalue weighted by atomic mass is 32.1. The summed E-state index contributed by atoms with van der Waals surface area (Å²) in [6.07, 6.45) is 5.27. The molecule has 7 N–H and O–H groups in total. The summed E-state index contributed by atoms with van der Waals surface area (Å²) >= 11 is 1.75. The number of carbonyl (C=O) groups is 4. The van der Waals surface area contributed by atoms with Gasteiger partial charge in [-0.2, -0.15) is 0 Å². The number of aliphatic hydroxyl groups is 1. The van der Waals surface area contributed by atoms with Crippen molar-refractivity contribution in [2.75, 3.05) is 0 Å². The number of benzene rings is 1. The van der Waals surface area contributed by atoms with Crippen LogP contribution in [0.1, 0.15) is 68.6 Å². The molecule has 5 atom stereocenters. The highest BCUT2D eigenvalue weighted by Gasteiger charge is 2.27. The maximum absolute atomic E-state index is 12.9. The lowest BCUT2D eigenvalue weighted by Crippen LogP contribution is -2.54. The van der Waals surface area contributed by atoms with E-state index in [1.807, 2.05) is 18.2 Å². The maximum Gasteiger partial charge on any atom is 0.303 e. The second-order valence-corrected chi connectivity index (χ2v) is 11.4. The first kappa shape index (κ1) is 32.0. The van der Waals surface area contributed by atoms with E-state index in [1.54, 1.807) is 11.3 Å². The molecule has 10 nitrogen and oxygen atoms in total. The largest absolute Gasteiger partial charge is 0.481 e. The van der Waals surface area contributed by atoms with Crippen molar-refractivity contribution >= 4 is 35.1 Å². The topological polar surface area (TPSA) is 179 Å². The van der Waals surface area contributed by atoms with Crippen LogP contribution in [0.25, 0.3) is 11.1 Å². The van der Waals surface area contributed by atoms with Crippen molar-refractivity contribution in [1.29, 1.82) is 0 Å². The van der Waals surface area contributed by atoms with Crippen LogP contribution in [0.4, 0.5) is 0 Å². The average molecular weight is 586 g/mol. The van der Waals surface area contributed by atoms with Gasteiger partial charge in [0.05, 0.1) is 6.04 Å². The number of thiophene rings is 1. The van der Waals surface area contributed by atoms with E-state index in [1.165, 1.54) is 16.0 Å². The summed E-state index contributed by atoms with van der Waals surface area (Å²) in [5, 5.41) is 35.1. The number of nitrogens with two attached hydrogens (primary N) is 1. The molecule has 0 radical (unpaired) electrons. The molecule has 1 aromatic heterocycles. The molecule has 2 aromatic rings. The Bertz CT molecular complexity index is 1200. The van der Waals surface area contributed by atoms with Crippen molar-refractivity contribution in [1.82, 2.24) is 10.6 Å². The van der Waals surface area contributed by atoms with Crippen LogP contribution in [0, 0.1) is 5.92 Å². The van der Waals surface area contributed by atoms with E-state index in [0.717, 1.165) is 12.8 Å². The van der Waals surface area contributed by atoms with Gasteiger partial charge in [0.1, 0.15) is 12.3 Å². The molecule has 11 heteroatoms. The second kappa shape index (κ2) is 16.0. The minimum Gasteiger partial charge on any atom is -0.481 e. The third kappa shape index (κ3) is 10.8. The SMILES string of the molecule is NC(O)C(CCCC(=O)O)NC(=O)C(CCC(=O)O)NC(=O)CCC1C=CC(c2cc(-c3ccccc3)cs2)CC1. The number of hydrogen-bond acceptors (Lipinski definition) is 7. The Balaban J connectivity index is 1.50. The van der Waals surface area contributed by atoms with Crippen molar-refractivity contribution in [3.8, 4) is 11.1 Å². The molecule has 3 rings (SSSR count). The summed E-state index contributed by atoms with van der Waals surface area (Å²) in [5.41, 5.74) is 7.95. The Morgan fingerprint density at radius 3 is 2.29 bits per heavy atom. The van der Waals surface area contributed by atoms with Crippen LogP contribution in [0.15, 0.2) is 53.9 Å². The predicted octanol–water partition coefficient (Wildman–Crippen LogP) is 3.61. The minimum atomic E-state index is -1.44. The highest BCUT2D eigenvalue weighted by molar-refractivity contribution is 7.10. The molecule has 222 valence electrons. The molecule has 0 fully saturated rings. The summed E-state index contributed by atoms with van der Waals surface area (Å²) in [4.78, 5) is 48.8. The lowest BCUT2D eigenvalue weighted by molar-refractivity contribution is -0.138. The molecule has 0 saturated heterocycles. The molecular formula is C30H39N3O7S. The van der Waals surface area contributed by atoms with Gasteiger partial charge >= 0.3 is 11.9 Å². The van der Waals surface area contributed by atoms with E-state index in [0.29, 0.717) is 12.3 Å². The molecule has 1 aliphatic rings. The van der Waals surface area contributed by atoms with Crippen molar-refractivity contribution in [3.05, 3.63) is 58.8 Å². The van der Waals surface area contributed by atoms with Gasteiger partial charge in [0.2, 0.25) is 11.8 Å². The third-order valence-electron chi connectivity index (χ3n) is 7.24. The Hall–Kier alpha value is -3.54. The number of rotatable bonds is 16. The summed E-state index contributed by atoms with van der Waals surface area (Å²) in [6, 6.07) is 10.4. The number of carboxylic acids is 2. The van der Waals surface area contributed by atoms with E-state index >= 15 is 0 Å². The first-order chi connectivity index (χ1) is 19.6. The number of carbonyl (C=O) groups excluding carboxylic acids is 2. The van der Waals surface area contributed by atoms with Crippen molar-refractivity contribution in [2.45, 2.75) is 82.0 Å². The monoisotopic (exact) mass is 585 g/mol. The summed E-state index contributed by atoms with van der Waals surface area (Å²) in [7, 11) is 0. The molecule has 0 saturated carbocycles. The molecule has 1 aliphatic carbocycles. The number of aliphatic carboxylic acids is 2. The summed E-state index contributed by atoms with van der Waals surface area (Å²) < 4.78 is 0. The van der Waals surface area contributed by atoms with Crippen LogP contribution in [-0.4, -0.2) is 57.4 Å². The van der Waals surface area contributed by atoms with E-state index < -0.39 is 36.2 Å². The fourth-order valence-corrected chi connectivity index (χ4v) is 5.92. The minimum absolute atomic E-state index is 0.114. The van der Waals surface area contributed by atoms with Gasteiger partial charge in [-0.1, -0.05) is 42.5 Å². The number of amides is 2. The van der Waals surface area contributed by atoms with E-state index in [4.69, 9.17) is 15.9 Å². The van der Waals surface area contributed by atoms with E-state index in [2.05, 4.69) is 46.4 Å². The summed E-state index contributed by atoms with van der Waals surface area (Å²) in [5.74, 6) is -2.60. The lowest BCUT2D eigenvalue weighted by Gasteiger charge is -2.25. The van der Waals surface area contributed by atoms with Crippen LogP contribution < -0.4 is 16.4 Å². The number of allylic oxidation sites excluding steroid dienone is 2. The normalized spacial score (nSPS) is 18.7. The standard InChI is InChI=1S/C30H39N3O7S/c31-29(39)23(7-4-8-27(35)36)33-30(40)24(14-16-28(37)38)32-26(34)15-11-19-9-12-21(13-10-19)25-17-22(18-41-25)20-5-2-1-3-6-20/h1-3,5-6,9,12,17-19,21,23-24,29,39H,4,7-8,10-11,13-16,31H2,(H,32,34)(H,33,40)(H,35,36)(H,37,38). The molecule has 0 spiro atoms. The molecule has 0 aliphatic heterocycles. The second-order valence-electron chi connectivity index (χ2n) is 10.4. The smallest absolute Gasteiger partial charge is 0.303 e. The van der Waals surface area contributed by atoms with Crippen LogP contribution in [0.2, 0.25) is 0 Å². The Kier molecular flexibility index (Phi) is 12.5. The van der Waals surface area contributed by atoms with E-state index in [-0.39, 0.29) is 50.4 Å². The van der Waals surface area contributed by atoms with Gasteiger partial charge in [-0.15, -0.1) is 11.3 Å². The zero-order chi connectivity index (χ0) is 29.8. The predicted molar refractivity (Wildman–Crippen MR) is 156 cm³/mol. The van der Waals surface area contributed by atoms with Gasteiger partial charge in [0.25, 0.3) is 0 Å². The van der Waals surface area contributed by atoms with Gasteiger partial charge < -0.3 is 31.7 Å². The van der Waals surface area contributed by atoms with Crippen molar-refractivity contribution in [2.24, 2.45) is 11.7 Å². The Morgan fingerprint density at radius 1 is 0.927 bits per heavy atom. The average Bonchev–Trinajstić information content (AvgIpc) is 3.44. The molecule has 0 bridgehead atoms. The molecule has 1 aromatic carbocycles. The van der Waals surface area contributed by atoms with Crippen LogP contribution in [0.3, 0.4) is 0 Å². The third-order valence-corrected chi connectivity index (χ3v) is 8.31. The van der Waals surface area contributed by atoms with Gasteiger partial charge in [0.15, 0.2) is 0 Å². The zero-order valence-corrected chi connectivity index (χ0v) is 23.7. The molecule has 2 amide bonds. The highest BCUT2D eigenvalue weighted by Crippen LogP contribution is 2.37. The first-order valence-corrected chi connectivity index (χ1v) is 14.8. The first-order valence-electron chi connectivity index (χ1n) is 13.9. The molecule has 41 heavy (non-hydrogen) atoms. The lowest BCUT2D eigenvalue weighted by atomic mass is 9.85. The number of nitrogens with one attached hydrogen (secondary N) is 2. The maximum atomic E-state index is 12.9. The molecular weight excluding hydrogens is 546 g/mol. The Morgan fingerprint density at radius 2 is 1.66 bits per heavy atom. The summed E-state index contributed by atoms with van der Waals surface area (Å²) in [6.45, 7) is 0. The van der Waals surface area contributed by atoms with E-state index in [9.17, 15) is 24.3 Å². The Labute approximate surface area is 243 Å². The van der Waals surface area contributed by atoms with Crippen LogP contribution in [-0.2, 0) is 19.2 Å². The number of aliphatic hydroxyl groups excluding tert-OH is 1. The van der Waals surface area contributed by atoms with Crippen LogP contribution >= 0.6 is 11.3 Å². The molecule has 1 heterocycles. The van der Waals surface area contributed by atoms with Gasteiger partial charge in [0, 0.05) is 30.1 Å². The number of hydrogen-bond donors (Lipinski definition) is 6. The quantitative estimate of drug-likeness (QED) is 0.128. The number of carboxylic acid groups (broad SMARTS) is 2. The van der Waals surface area contributed by atoms with Crippen molar-refractivity contribution in [3.63, 3.8) is 0 Å². The van der Waals surface area contributed by atoms with Crippen molar-refractivity contribution < 1.29 is 34.5 Å². The van der Waals surface area contributed by atoms with Gasteiger partial charge in [-0.05, 0) is 67.0 Å². The zero-order valence-electron chi connectivity index (χ0n) is 22.9. The fourth-order valence-electron chi connectivity index (χ4n) is 4.89. The molecule has 5 unspecified atom stereocenters. The van der Waals surface area contributed by atoms with Gasteiger partial charge in [-0.25, -0.2) is 0 Å². The van der Waals surface area contributed by atoms with Crippen LogP contribution in [0.5, 0.6) is 0 Å².